The Labute approximate surface area is 134 Å². The van der Waals surface area contributed by atoms with Crippen LogP contribution in [0.25, 0.3) is 0 Å². The van der Waals surface area contributed by atoms with Crippen molar-refractivity contribution in [2.45, 2.75) is 37.3 Å². The maximum atomic E-state index is 5.70. The summed E-state index contributed by atoms with van der Waals surface area (Å²) in [4.78, 5) is 5.52. The minimum atomic E-state index is 0.516. The zero-order valence-electron chi connectivity index (χ0n) is 12.9. The smallest absolute Gasteiger partial charge is 0.226 e. The normalized spacial score (nSPS) is 14.1. The summed E-state index contributed by atoms with van der Waals surface area (Å²) in [5.41, 5.74) is 0. The van der Waals surface area contributed by atoms with E-state index < -0.39 is 0 Å². The van der Waals surface area contributed by atoms with Crippen molar-refractivity contribution < 1.29 is 14.0 Å². The molecule has 1 aliphatic heterocycles. The molecular weight excluding hydrogens is 300 g/mol. The zero-order valence-corrected chi connectivity index (χ0v) is 13.7. The first-order chi connectivity index (χ1) is 10.7. The van der Waals surface area contributed by atoms with E-state index in [1.165, 1.54) is 0 Å². The van der Waals surface area contributed by atoms with Crippen LogP contribution in [0.15, 0.2) is 27.6 Å². The third-order valence-corrected chi connectivity index (χ3v) is 4.17. The molecule has 0 bridgehead atoms. The van der Waals surface area contributed by atoms with E-state index in [4.69, 9.17) is 14.0 Å². The maximum Gasteiger partial charge on any atom is 0.226 e. The molecule has 1 aliphatic rings. The van der Waals surface area contributed by atoms with E-state index in [-0.39, 0.29) is 0 Å². The molecular formula is C16H20N2O3S. The average Bonchev–Trinajstić information content (AvgIpc) is 2.79. The van der Waals surface area contributed by atoms with E-state index in [9.17, 15) is 0 Å². The van der Waals surface area contributed by atoms with Gasteiger partial charge in [-0.3, -0.25) is 0 Å². The Kier molecular flexibility index (Phi) is 4.87. The molecule has 6 heteroatoms. The summed E-state index contributed by atoms with van der Waals surface area (Å²) >= 11 is 1.66. The van der Waals surface area contributed by atoms with Gasteiger partial charge in [-0.25, -0.2) is 0 Å². The van der Waals surface area contributed by atoms with Crippen molar-refractivity contribution in [3.63, 3.8) is 0 Å². The summed E-state index contributed by atoms with van der Waals surface area (Å²) < 4.78 is 16.6. The minimum absolute atomic E-state index is 0.516. The van der Waals surface area contributed by atoms with E-state index in [1.54, 1.807) is 11.8 Å². The lowest BCUT2D eigenvalue weighted by Gasteiger charge is -2.08. The minimum Gasteiger partial charge on any atom is -0.490 e. The number of fused-ring (bicyclic) bond motifs is 1. The molecule has 1 aromatic carbocycles. The highest BCUT2D eigenvalue weighted by atomic mass is 32.2. The molecule has 0 unspecified atom stereocenters. The summed E-state index contributed by atoms with van der Waals surface area (Å²) in [6.07, 6.45) is 1.74. The second-order valence-electron chi connectivity index (χ2n) is 5.65. The molecule has 0 fully saturated rings. The molecule has 0 saturated carbocycles. The lowest BCUT2D eigenvalue weighted by Crippen LogP contribution is -1.97. The van der Waals surface area contributed by atoms with Crippen LogP contribution in [0.5, 0.6) is 11.5 Å². The number of nitrogens with zero attached hydrogens (tertiary/aromatic N) is 2. The molecule has 2 aromatic rings. The molecule has 118 valence electrons. The SMILES string of the molecule is CC(C)Cc1nc(CSc2ccc3c(c2)OCCCO3)no1. The number of benzene rings is 1. The maximum absolute atomic E-state index is 5.70. The van der Waals surface area contributed by atoms with Crippen molar-refractivity contribution in [3.05, 3.63) is 29.9 Å². The molecule has 0 aliphatic carbocycles. The molecule has 0 radical (unpaired) electrons. The van der Waals surface area contributed by atoms with Crippen LogP contribution in [-0.4, -0.2) is 23.4 Å². The first-order valence-electron chi connectivity index (χ1n) is 7.54. The quantitative estimate of drug-likeness (QED) is 0.783. The summed E-state index contributed by atoms with van der Waals surface area (Å²) in [6.45, 7) is 5.68. The second kappa shape index (κ2) is 7.05. The first kappa shape index (κ1) is 15.2. The number of rotatable bonds is 5. The Bertz CT molecular complexity index is 628. The van der Waals surface area contributed by atoms with Crippen LogP contribution >= 0.6 is 11.8 Å². The fourth-order valence-electron chi connectivity index (χ4n) is 2.16. The Hall–Kier alpha value is -1.69. The third kappa shape index (κ3) is 3.94. The Morgan fingerprint density at radius 1 is 1.18 bits per heavy atom. The molecule has 0 atom stereocenters. The number of ether oxygens (including phenoxy) is 2. The monoisotopic (exact) mass is 320 g/mol. The van der Waals surface area contributed by atoms with E-state index in [2.05, 4.69) is 24.0 Å². The highest BCUT2D eigenvalue weighted by molar-refractivity contribution is 7.98. The fourth-order valence-corrected chi connectivity index (χ4v) is 2.93. The van der Waals surface area contributed by atoms with Gasteiger partial charge in [0.1, 0.15) is 0 Å². The molecule has 0 spiro atoms. The topological polar surface area (TPSA) is 57.4 Å². The van der Waals surface area contributed by atoms with E-state index in [0.29, 0.717) is 30.8 Å². The molecule has 3 rings (SSSR count). The van der Waals surface area contributed by atoms with Gasteiger partial charge in [0.05, 0.1) is 19.0 Å². The van der Waals surface area contributed by atoms with Crippen LogP contribution in [0.1, 0.15) is 32.0 Å². The van der Waals surface area contributed by atoms with Gasteiger partial charge in [-0.05, 0) is 24.1 Å². The summed E-state index contributed by atoms with van der Waals surface area (Å²) in [5.74, 6) is 4.28. The number of hydrogen-bond donors (Lipinski definition) is 0. The van der Waals surface area contributed by atoms with Gasteiger partial charge in [-0.1, -0.05) is 19.0 Å². The molecule has 0 amide bonds. The standard InChI is InChI=1S/C16H20N2O3S/c1-11(2)8-16-17-15(18-21-16)10-22-12-4-5-13-14(9-12)20-7-3-6-19-13/h4-5,9,11H,3,6-8,10H2,1-2H3. The van der Waals surface area contributed by atoms with Crippen molar-refractivity contribution >= 4 is 11.8 Å². The fraction of sp³-hybridized carbons (Fsp3) is 0.500. The van der Waals surface area contributed by atoms with Crippen molar-refractivity contribution in [2.75, 3.05) is 13.2 Å². The van der Waals surface area contributed by atoms with Gasteiger partial charge in [-0.15, -0.1) is 11.8 Å². The highest BCUT2D eigenvalue weighted by Gasteiger charge is 2.12. The number of hydrogen-bond acceptors (Lipinski definition) is 6. The molecule has 0 saturated heterocycles. The molecule has 0 N–H and O–H groups in total. The average molecular weight is 320 g/mol. The summed E-state index contributed by atoms with van der Waals surface area (Å²) in [7, 11) is 0. The predicted octanol–water partition coefficient (Wildman–Crippen LogP) is 3.72. The first-order valence-corrected chi connectivity index (χ1v) is 8.53. The van der Waals surface area contributed by atoms with Crippen LogP contribution in [0.2, 0.25) is 0 Å². The van der Waals surface area contributed by atoms with E-state index in [0.717, 1.165) is 35.1 Å². The van der Waals surface area contributed by atoms with Gasteiger partial charge < -0.3 is 14.0 Å². The third-order valence-electron chi connectivity index (χ3n) is 3.18. The van der Waals surface area contributed by atoms with Crippen molar-refractivity contribution in [1.29, 1.82) is 0 Å². The lowest BCUT2D eigenvalue weighted by atomic mass is 10.1. The van der Waals surface area contributed by atoms with Gasteiger partial charge in [-0.2, -0.15) is 4.98 Å². The van der Waals surface area contributed by atoms with E-state index in [1.807, 2.05) is 18.2 Å². The zero-order chi connectivity index (χ0) is 15.4. The van der Waals surface area contributed by atoms with Crippen molar-refractivity contribution in [3.8, 4) is 11.5 Å². The summed E-state index contributed by atoms with van der Waals surface area (Å²) in [6, 6.07) is 6.01. The van der Waals surface area contributed by atoms with Crippen LogP contribution in [0.4, 0.5) is 0 Å². The Morgan fingerprint density at radius 2 is 2.00 bits per heavy atom. The predicted molar refractivity (Wildman–Crippen MR) is 84.5 cm³/mol. The van der Waals surface area contributed by atoms with Crippen LogP contribution in [0.3, 0.4) is 0 Å². The lowest BCUT2D eigenvalue weighted by molar-refractivity contribution is 0.297. The van der Waals surface area contributed by atoms with Crippen LogP contribution in [0, 0.1) is 5.92 Å². The van der Waals surface area contributed by atoms with Gasteiger partial charge in [0, 0.05) is 17.7 Å². The van der Waals surface area contributed by atoms with Gasteiger partial charge in [0.15, 0.2) is 17.3 Å². The molecule has 5 nitrogen and oxygen atoms in total. The summed E-state index contributed by atoms with van der Waals surface area (Å²) in [5, 5.41) is 4.02. The largest absolute Gasteiger partial charge is 0.490 e. The molecule has 2 heterocycles. The van der Waals surface area contributed by atoms with Crippen LogP contribution < -0.4 is 9.47 Å². The highest BCUT2D eigenvalue weighted by Crippen LogP contribution is 2.34. The van der Waals surface area contributed by atoms with Gasteiger partial charge >= 0.3 is 0 Å². The molecule has 1 aromatic heterocycles. The number of aromatic nitrogens is 2. The number of thioether (sulfide) groups is 1. The van der Waals surface area contributed by atoms with Crippen molar-refractivity contribution in [2.24, 2.45) is 5.92 Å². The Morgan fingerprint density at radius 3 is 2.82 bits per heavy atom. The second-order valence-corrected chi connectivity index (χ2v) is 6.70. The van der Waals surface area contributed by atoms with Crippen molar-refractivity contribution in [1.82, 2.24) is 10.1 Å². The van der Waals surface area contributed by atoms with Gasteiger partial charge in [0.25, 0.3) is 0 Å². The van der Waals surface area contributed by atoms with Crippen LogP contribution in [-0.2, 0) is 12.2 Å². The molecule has 22 heavy (non-hydrogen) atoms. The van der Waals surface area contributed by atoms with E-state index >= 15 is 0 Å². The van der Waals surface area contributed by atoms with Gasteiger partial charge in [0.2, 0.25) is 5.89 Å². The Balaban J connectivity index is 1.61.